The van der Waals surface area contributed by atoms with E-state index in [-0.39, 0.29) is 37.3 Å². The summed E-state index contributed by atoms with van der Waals surface area (Å²) in [5.74, 6) is -0.970. The number of pyridine rings is 1. The Bertz CT molecular complexity index is 2310. The Labute approximate surface area is 389 Å². The van der Waals surface area contributed by atoms with Gasteiger partial charge in [-0.1, -0.05) is 59.6 Å². The second-order valence-electron chi connectivity index (χ2n) is 21.2. The van der Waals surface area contributed by atoms with Crippen LogP contribution in [0.1, 0.15) is 123 Å². The van der Waals surface area contributed by atoms with E-state index in [0.29, 0.717) is 37.3 Å². The number of amides is 4. The van der Waals surface area contributed by atoms with Crippen molar-refractivity contribution in [3.8, 4) is 11.6 Å². The van der Waals surface area contributed by atoms with Crippen molar-refractivity contribution < 1.29 is 46.5 Å². The first-order chi connectivity index (χ1) is 31.3. The number of carbonyl (C=O) groups is 4. The quantitative estimate of drug-likeness (QED) is 0.179. The topological polar surface area (TPSA) is 195 Å². The smallest absolute Gasteiger partial charge is 0.408 e. The van der Waals surface area contributed by atoms with E-state index in [1.807, 2.05) is 20.8 Å². The average Bonchev–Trinajstić information content (AvgIpc) is 4.23. The van der Waals surface area contributed by atoms with E-state index < -0.39 is 73.6 Å². The van der Waals surface area contributed by atoms with Crippen molar-refractivity contribution in [2.24, 2.45) is 17.3 Å². The molecule has 362 valence electrons. The van der Waals surface area contributed by atoms with E-state index in [1.165, 1.54) is 11.0 Å². The minimum absolute atomic E-state index is 0.0242. The molecular formula is C49H70N6O10S. The average molecular weight is 935 g/mol. The van der Waals surface area contributed by atoms with E-state index in [2.05, 4.69) is 58.9 Å². The zero-order chi connectivity index (χ0) is 47.2. The summed E-state index contributed by atoms with van der Waals surface area (Å²) in [7, 11) is -4.02. The van der Waals surface area contributed by atoms with Crippen molar-refractivity contribution in [3.05, 3.63) is 42.0 Å². The Morgan fingerprint density at radius 3 is 2.53 bits per heavy atom. The van der Waals surface area contributed by atoms with Gasteiger partial charge in [0.15, 0.2) is 0 Å². The summed E-state index contributed by atoms with van der Waals surface area (Å²) >= 11 is 0. The van der Waals surface area contributed by atoms with Crippen LogP contribution in [0.15, 0.2) is 30.9 Å². The van der Waals surface area contributed by atoms with Crippen LogP contribution >= 0.6 is 0 Å². The van der Waals surface area contributed by atoms with Gasteiger partial charge in [-0.05, 0) is 93.2 Å². The fourth-order valence-corrected chi connectivity index (χ4v) is 11.0. The number of hydrogen-bond donors (Lipinski definition) is 3. The summed E-state index contributed by atoms with van der Waals surface area (Å²) in [4.78, 5) is 66.1. The molecule has 3 N–H and O–H groups in total. The van der Waals surface area contributed by atoms with Crippen LogP contribution < -0.4 is 24.8 Å². The van der Waals surface area contributed by atoms with Gasteiger partial charge < -0.3 is 34.5 Å². The van der Waals surface area contributed by atoms with Crippen LogP contribution in [0.2, 0.25) is 0 Å². The first-order valence-corrected chi connectivity index (χ1v) is 25.7. The van der Waals surface area contributed by atoms with Crippen LogP contribution in [0.3, 0.4) is 0 Å². The number of morpholine rings is 1. The molecule has 2 saturated heterocycles. The number of rotatable bonds is 12. The third-order valence-corrected chi connectivity index (χ3v) is 16.8. The van der Waals surface area contributed by atoms with Gasteiger partial charge >= 0.3 is 6.09 Å². The number of benzene rings is 1. The second-order valence-corrected chi connectivity index (χ2v) is 23.4. The van der Waals surface area contributed by atoms with Crippen molar-refractivity contribution in [3.63, 3.8) is 0 Å². The highest BCUT2D eigenvalue weighted by molar-refractivity contribution is 7.91. The summed E-state index contributed by atoms with van der Waals surface area (Å²) in [5.41, 5.74) is 0.258. The van der Waals surface area contributed by atoms with Crippen molar-refractivity contribution in [1.29, 1.82) is 0 Å². The molecular weight excluding hydrogens is 865 g/mol. The molecule has 3 aliphatic heterocycles. The highest BCUT2D eigenvalue weighted by Crippen LogP contribution is 2.48. The van der Waals surface area contributed by atoms with Gasteiger partial charge in [-0.2, -0.15) is 0 Å². The second kappa shape index (κ2) is 18.9. The standard InChI is InChI=1S/C49H70N6O10S/c1-8-33-28-49(33,45(58)53-66(60,61)48(7)17-18-48)52-42(56)38-27-34-29-55(38)44(57)41(47(4,5)6)51-46(59)65-39-26-32(39)13-10-9-11-14-36-40(63-22-12-19-54-20-23-62-24-21-54)35-16-15-31(30(2)3)25-37(35)50-43(36)64-34/h8,15-16,25,30,32-34,38-39,41H,1,9-14,17-24,26-29H2,2-7H3,(H,51,59)(H,52,56)(H,53,58)/t32-,33-,34-,38+,39-,41-,49-/m1/s1. The molecule has 16 nitrogen and oxygen atoms in total. The van der Waals surface area contributed by atoms with E-state index in [0.717, 1.165) is 93.6 Å². The summed E-state index contributed by atoms with van der Waals surface area (Å²) < 4.78 is 52.8. The number of sulfonamides is 1. The predicted octanol–water partition coefficient (Wildman–Crippen LogP) is 5.51. The number of aromatic nitrogens is 1. The summed E-state index contributed by atoms with van der Waals surface area (Å²) in [6.45, 7) is 19.7. The summed E-state index contributed by atoms with van der Waals surface area (Å²) in [6, 6.07) is 4.01. The molecule has 0 unspecified atom stereocenters. The molecule has 3 aliphatic carbocycles. The van der Waals surface area contributed by atoms with Crippen molar-refractivity contribution in [2.45, 2.75) is 153 Å². The van der Waals surface area contributed by atoms with E-state index in [1.54, 1.807) is 6.92 Å². The van der Waals surface area contributed by atoms with Gasteiger partial charge in [0.05, 0.1) is 42.2 Å². The van der Waals surface area contributed by atoms with Gasteiger partial charge in [-0.3, -0.25) is 24.0 Å². The molecule has 5 fully saturated rings. The number of nitrogens with one attached hydrogen (secondary N) is 3. The zero-order valence-corrected chi connectivity index (χ0v) is 40.4. The maximum absolute atomic E-state index is 15.0. The summed E-state index contributed by atoms with van der Waals surface area (Å²) in [6.07, 6.45) is 6.66. The molecule has 4 heterocycles. The number of hydrogen-bond acceptors (Lipinski definition) is 12. The summed E-state index contributed by atoms with van der Waals surface area (Å²) in [5, 5.41) is 6.62. The lowest BCUT2D eigenvalue weighted by atomic mass is 9.85. The highest BCUT2D eigenvalue weighted by Gasteiger charge is 2.63. The molecule has 17 heteroatoms. The lowest BCUT2D eigenvalue weighted by molar-refractivity contribution is -0.142. The van der Waals surface area contributed by atoms with Gasteiger partial charge in [0.2, 0.25) is 27.7 Å². The van der Waals surface area contributed by atoms with Crippen molar-refractivity contribution in [2.75, 3.05) is 46.0 Å². The number of carbonyl (C=O) groups excluding carboxylic acids is 4. The van der Waals surface area contributed by atoms with Crippen LogP contribution in [0.4, 0.5) is 4.79 Å². The maximum atomic E-state index is 15.0. The monoisotopic (exact) mass is 934 g/mol. The van der Waals surface area contributed by atoms with Crippen LogP contribution in [0.5, 0.6) is 11.6 Å². The number of ether oxygens (including phenoxy) is 4. The Morgan fingerprint density at radius 2 is 1.85 bits per heavy atom. The largest absolute Gasteiger partial charge is 0.492 e. The van der Waals surface area contributed by atoms with Gasteiger partial charge in [-0.15, -0.1) is 6.58 Å². The highest BCUT2D eigenvalue weighted by atomic mass is 32.2. The molecule has 8 rings (SSSR count). The molecule has 0 spiro atoms. The van der Waals surface area contributed by atoms with Crippen LogP contribution in [0.25, 0.3) is 10.9 Å². The van der Waals surface area contributed by atoms with Crippen LogP contribution in [-0.4, -0.2) is 128 Å². The Hall–Kier alpha value is -4.48. The van der Waals surface area contributed by atoms with Gasteiger partial charge in [0.1, 0.15) is 35.6 Å². The molecule has 1 aromatic heterocycles. The fraction of sp³-hybridized carbons (Fsp3) is 0.694. The van der Waals surface area contributed by atoms with Crippen LogP contribution in [-0.2, 0) is 40.3 Å². The Morgan fingerprint density at radius 1 is 1.09 bits per heavy atom. The number of fused-ring (bicyclic) bond motifs is 5. The van der Waals surface area contributed by atoms with Gasteiger partial charge in [0, 0.05) is 37.4 Å². The zero-order valence-electron chi connectivity index (χ0n) is 39.6. The molecule has 6 aliphatic rings. The van der Waals surface area contributed by atoms with E-state index in [4.69, 9.17) is 23.9 Å². The van der Waals surface area contributed by atoms with E-state index >= 15 is 0 Å². The first-order valence-electron chi connectivity index (χ1n) is 24.2. The number of nitrogens with zero attached hydrogens (tertiary/aromatic N) is 3. The molecule has 4 amide bonds. The molecule has 3 saturated carbocycles. The Kier molecular flexibility index (Phi) is 13.7. The molecule has 7 atom stereocenters. The Balaban J connectivity index is 1.14. The van der Waals surface area contributed by atoms with Crippen LogP contribution in [0, 0.1) is 17.3 Å². The third kappa shape index (κ3) is 10.3. The predicted molar refractivity (Wildman–Crippen MR) is 249 cm³/mol. The minimum Gasteiger partial charge on any atom is -0.492 e. The molecule has 1 aromatic carbocycles. The van der Waals surface area contributed by atoms with E-state index in [9.17, 15) is 27.6 Å². The SMILES string of the molecule is C=C[C@@H]1C[C@]1(NC(=O)[C@@H]1C[C@@H]2CN1C(=O)[C@H](C(C)(C)C)NC(=O)O[C@@H]1C[C@H]1CCCCCc1c(nc3cc(C(C)C)ccc3c1OCCCN1CCOCC1)O2)C(=O)NS(=O)(=O)C1(C)CC1. The minimum atomic E-state index is -4.02. The molecule has 0 radical (unpaired) electrons. The fourth-order valence-electron chi connectivity index (χ4n) is 9.71. The lowest BCUT2D eigenvalue weighted by Crippen LogP contribution is -2.60. The molecule has 2 aromatic rings. The van der Waals surface area contributed by atoms with Gasteiger partial charge in [0.25, 0.3) is 5.91 Å². The molecule has 66 heavy (non-hydrogen) atoms. The lowest BCUT2D eigenvalue weighted by Gasteiger charge is -2.35. The first kappa shape index (κ1) is 48.0. The normalized spacial score (nSPS) is 29.2. The number of alkyl carbamates (subject to hydrolysis) is 1. The molecule has 2 bridgehead atoms. The van der Waals surface area contributed by atoms with Crippen molar-refractivity contribution in [1.82, 2.24) is 30.1 Å². The van der Waals surface area contributed by atoms with Crippen molar-refractivity contribution >= 4 is 44.7 Å². The maximum Gasteiger partial charge on any atom is 0.408 e. The van der Waals surface area contributed by atoms with Gasteiger partial charge in [-0.25, -0.2) is 18.2 Å². The third-order valence-electron chi connectivity index (χ3n) is 14.7.